The first kappa shape index (κ1) is 29.0. The summed E-state index contributed by atoms with van der Waals surface area (Å²) in [7, 11) is 3.23. The fourth-order valence-corrected chi connectivity index (χ4v) is 5.45. The lowest BCUT2D eigenvalue weighted by molar-refractivity contribution is -0.122. The van der Waals surface area contributed by atoms with Gasteiger partial charge in [-0.15, -0.1) is 0 Å². The van der Waals surface area contributed by atoms with Gasteiger partial charge in [0.25, 0.3) is 0 Å². The maximum atomic E-state index is 14.1. The SMILES string of the molecule is COCC(C)(C)CNC(=O)Cn1c(=O)n([C@H](C)c2ccccn2)c2c3cc(OC)c(-c4c(C)noc4C)cc3ncc21. The minimum atomic E-state index is -0.426. The highest BCUT2D eigenvalue weighted by Gasteiger charge is 2.26. The molecule has 1 N–H and O–H groups in total. The van der Waals surface area contributed by atoms with E-state index in [0.717, 1.165) is 16.8 Å². The summed E-state index contributed by atoms with van der Waals surface area (Å²) in [6.45, 7) is 10.4. The van der Waals surface area contributed by atoms with Gasteiger partial charge in [0.2, 0.25) is 5.91 Å². The Hall–Kier alpha value is -4.51. The summed E-state index contributed by atoms with van der Waals surface area (Å²) in [5.74, 6) is 0.969. The number of carbonyl (C=O) groups is 1. The van der Waals surface area contributed by atoms with E-state index in [1.165, 1.54) is 4.57 Å². The van der Waals surface area contributed by atoms with E-state index < -0.39 is 6.04 Å². The molecule has 11 heteroatoms. The Morgan fingerprint density at radius 1 is 1.17 bits per heavy atom. The Labute approximate surface area is 243 Å². The van der Waals surface area contributed by atoms with Gasteiger partial charge >= 0.3 is 5.69 Å². The molecule has 4 heterocycles. The van der Waals surface area contributed by atoms with Crippen LogP contribution in [-0.4, -0.2) is 57.5 Å². The predicted molar refractivity (Wildman–Crippen MR) is 160 cm³/mol. The van der Waals surface area contributed by atoms with Crippen LogP contribution in [0.4, 0.5) is 0 Å². The molecule has 0 fully saturated rings. The number of carbonyl (C=O) groups excluding carboxylic acids is 1. The number of aromatic nitrogens is 5. The molecule has 5 aromatic rings. The Balaban J connectivity index is 1.70. The lowest BCUT2D eigenvalue weighted by Crippen LogP contribution is -2.39. The molecule has 5 rings (SSSR count). The Kier molecular flexibility index (Phi) is 7.87. The molecule has 1 atom stereocenters. The van der Waals surface area contributed by atoms with Gasteiger partial charge in [0.1, 0.15) is 18.1 Å². The molecule has 0 saturated carbocycles. The summed E-state index contributed by atoms with van der Waals surface area (Å²) in [4.78, 5) is 36.5. The summed E-state index contributed by atoms with van der Waals surface area (Å²) < 4.78 is 19.7. The molecule has 0 bridgehead atoms. The number of benzene rings is 1. The molecule has 220 valence electrons. The van der Waals surface area contributed by atoms with Gasteiger partial charge in [-0.3, -0.25) is 23.9 Å². The zero-order valence-corrected chi connectivity index (χ0v) is 25.0. The highest BCUT2D eigenvalue weighted by Crippen LogP contribution is 2.39. The summed E-state index contributed by atoms with van der Waals surface area (Å²) in [6.07, 6.45) is 3.34. The van der Waals surface area contributed by atoms with Crippen molar-refractivity contribution < 1.29 is 18.8 Å². The summed E-state index contributed by atoms with van der Waals surface area (Å²) in [5.41, 5.74) is 4.31. The number of amides is 1. The second-order valence-electron chi connectivity index (χ2n) is 11.3. The summed E-state index contributed by atoms with van der Waals surface area (Å²) in [5, 5.41) is 7.76. The zero-order valence-electron chi connectivity index (χ0n) is 25.0. The van der Waals surface area contributed by atoms with Gasteiger partial charge in [-0.25, -0.2) is 4.79 Å². The Bertz CT molecular complexity index is 1800. The summed E-state index contributed by atoms with van der Waals surface area (Å²) >= 11 is 0. The molecule has 1 aromatic carbocycles. The van der Waals surface area contributed by atoms with Crippen molar-refractivity contribution in [1.82, 2.24) is 29.6 Å². The third kappa shape index (κ3) is 5.27. The van der Waals surface area contributed by atoms with Crippen LogP contribution in [0.2, 0.25) is 0 Å². The van der Waals surface area contributed by atoms with E-state index >= 15 is 0 Å². The van der Waals surface area contributed by atoms with E-state index in [4.69, 9.17) is 19.0 Å². The number of ether oxygens (including phenoxy) is 2. The van der Waals surface area contributed by atoms with Crippen LogP contribution in [0.3, 0.4) is 0 Å². The molecule has 0 saturated heterocycles. The molecular weight excluding hydrogens is 536 g/mol. The fourth-order valence-electron chi connectivity index (χ4n) is 5.45. The minimum absolute atomic E-state index is 0.165. The largest absolute Gasteiger partial charge is 0.496 e. The van der Waals surface area contributed by atoms with Crippen molar-refractivity contribution >= 4 is 27.8 Å². The van der Waals surface area contributed by atoms with Crippen LogP contribution in [0.5, 0.6) is 5.75 Å². The third-order valence-electron chi connectivity index (χ3n) is 7.52. The van der Waals surface area contributed by atoms with Crippen molar-refractivity contribution in [3.63, 3.8) is 0 Å². The standard InChI is InChI=1S/C31H36N6O5/c1-18-28(20(3)42-35-18)22-12-24-21(13-26(22)41-7)29-25(14-33-24)36(15-27(38)34-16-31(4,5)17-40-6)30(39)37(29)19(2)23-10-8-9-11-32-23/h8-14,19H,15-17H2,1-7H3,(H,34,38)/t19-/m1/s1. The van der Waals surface area contributed by atoms with Crippen molar-refractivity contribution in [3.8, 4) is 16.9 Å². The lowest BCUT2D eigenvalue weighted by Gasteiger charge is -2.23. The van der Waals surface area contributed by atoms with E-state index in [1.807, 2.05) is 65.0 Å². The normalized spacial score (nSPS) is 12.6. The smallest absolute Gasteiger partial charge is 0.330 e. The van der Waals surface area contributed by atoms with Gasteiger partial charge < -0.3 is 19.3 Å². The first-order chi connectivity index (χ1) is 20.1. The zero-order chi connectivity index (χ0) is 30.2. The van der Waals surface area contributed by atoms with Crippen LogP contribution in [-0.2, 0) is 16.1 Å². The fraction of sp³-hybridized carbons (Fsp3) is 0.387. The number of hydrogen-bond acceptors (Lipinski definition) is 8. The third-order valence-corrected chi connectivity index (χ3v) is 7.52. The van der Waals surface area contributed by atoms with Gasteiger partial charge in [-0.2, -0.15) is 0 Å². The van der Waals surface area contributed by atoms with Crippen molar-refractivity contribution in [2.24, 2.45) is 5.41 Å². The maximum absolute atomic E-state index is 14.1. The summed E-state index contributed by atoms with van der Waals surface area (Å²) in [6, 6.07) is 8.97. The number of hydrogen-bond donors (Lipinski definition) is 1. The molecule has 1 amide bonds. The second kappa shape index (κ2) is 11.4. The highest BCUT2D eigenvalue weighted by atomic mass is 16.5. The van der Waals surface area contributed by atoms with E-state index in [-0.39, 0.29) is 23.6 Å². The average molecular weight is 573 g/mol. The van der Waals surface area contributed by atoms with Crippen LogP contribution >= 0.6 is 0 Å². The number of rotatable bonds is 10. The molecular formula is C31H36N6O5. The Morgan fingerprint density at radius 3 is 2.60 bits per heavy atom. The van der Waals surface area contributed by atoms with Gasteiger partial charge in [0.15, 0.2) is 0 Å². The van der Waals surface area contributed by atoms with E-state index in [0.29, 0.717) is 52.3 Å². The van der Waals surface area contributed by atoms with E-state index in [2.05, 4.69) is 15.5 Å². The number of fused-ring (bicyclic) bond motifs is 3. The number of nitrogens with one attached hydrogen (secondary N) is 1. The molecule has 0 aliphatic carbocycles. The first-order valence-electron chi connectivity index (χ1n) is 13.8. The van der Waals surface area contributed by atoms with E-state index in [1.54, 1.807) is 31.2 Å². The number of methoxy groups -OCH3 is 2. The van der Waals surface area contributed by atoms with Crippen molar-refractivity contribution in [2.75, 3.05) is 27.4 Å². The van der Waals surface area contributed by atoms with Crippen molar-refractivity contribution in [3.05, 3.63) is 70.4 Å². The lowest BCUT2D eigenvalue weighted by atomic mass is 9.95. The monoisotopic (exact) mass is 572 g/mol. The molecule has 0 aliphatic rings. The van der Waals surface area contributed by atoms with Gasteiger partial charge in [-0.05, 0) is 45.0 Å². The average Bonchev–Trinajstić information content (AvgIpc) is 3.45. The van der Waals surface area contributed by atoms with Crippen LogP contribution in [0.25, 0.3) is 33.1 Å². The van der Waals surface area contributed by atoms with Crippen molar-refractivity contribution in [2.45, 2.75) is 47.2 Å². The molecule has 0 unspecified atom stereocenters. The molecule has 0 radical (unpaired) electrons. The van der Waals surface area contributed by atoms with Crippen LogP contribution in [0.15, 0.2) is 52.0 Å². The van der Waals surface area contributed by atoms with Gasteiger partial charge in [0, 0.05) is 36.2 Å². The van der Waals surface area contributed by atoms with Gasteiger partial charge in [0.05, 0.1) is 59.5 Å². The van der Waals surface area contributed by atoms with Gasteiger partial charge in [-0.1, -0.05) is 25.1 Å². The molecule has 0 aliphatic heterocycles. The van der Waals surface area contributed by atoms with Crippen molar-refractivity contribution in [1.29, 1.82) is 0 Å². The number of aryl methyl sites for hydroxylation is 2. The number of pyridine rings is 2. The topological polar surface area (TPSA) is 126 Å². The molecule has 0 spiro atoms. The molecule has 42 heavy (non-hydrogen) atoms. The number of nitrogens with zero attached hydrogens (tertiary/aromatic N) is 5. The minimum Gasteiger partial charge on any atom is -0.496 e. The number of imidazole rings is 1. The van der Waals surface area contributed by atoms with Crippen LogP contribution in [0, 0.1) is 19.3 Å². The maximum Gasteiger partial charge on any atom is 0.330 e. The van der Waals surface area contributed by atoms with Crippen LogP contribution < -0.4 is 15.7 Å². The second-order valence-corrected chi connectivity index (χ2v) is 11.3. The predicted octanol–water partition coefficient (Wildman–Crippen LogP) is 4.42. The highest BCUT2D eigenvalue weighted by molar-refractivity contribution is 6.05. The molecule has 11 nitrogen and oxygen atoms in total. The van der Waals surface area contributed by atoms with E-state index in [9.17, 15) is 9.59 Å². The van der Waals surface area contributed by atoms with Crippen LogP contribution in [0.1, 0.15) is 44.0 Å². The quantitative estimate of drug-likeness (QED) is 0.261. The molecule has 4 aromatic heterocycles. The Morgan fingerprint density at radius 2 is 1.95 bits per heavy atom. The first-order valence-corrected chi connectivity index (χ1v) is 13.8.